The van der Waals surface area contributed by atoms with E-state index >= 15 is 0 Å². The lowest BCUT2D eigenvalue weighted by Gasteiger charge is -2.40. The molecule has 0 atom stereocenters. The number of nitriles is 2. The molecule has 1 heterocycles. The molecule has 7 heteroatoms. The maximum absolute atomic E-state index is 9.08. The largest absolute Gasteiger partial charge is 0.304 e. The molecule has 0 N–H and O–H groups in total. The van der Waals surface area contributed by atoms with Gasteiger partial charge in [-0.3, -0.25) is 0 Å². The van der Waals surface area contributed by atoms with Crippen LogP contribution >= 0.6 is 0 Å². The van der Waals surface area contributed by atoms with Crippen molar-refractivity contribution in [1.82, 2.24) is 10.0 Å². The van der Waals surface area contributed by atoms with Gasteiger partial charge in [0.1, 0.15) is 0 Å². The first-order valence-corrected chi connectivity index (χ1v) is 9.12. The first-order chi connectivity index (χ1) is 9.46. The summed E-state index contributed by atoms with van der Waals surface area (Å²) in [7, 11) is 5.47. The van der Waals surface area contributed by atoms with Gasteiger partial charge in [-0.2, -0.15) is 20.7 Å². The molecular formula is C13H22N6Si. The van der Waals surface area contributed by atoms with Gasteiger partial charge in [-0.1, -0.05) is 6.42 Å². The van der Waals surface area contributed by atoms with Crippen LogP contribution in [-0.2, 0) is 0 Å². The molecule has 0 amide bonds. The van der Waals surface area contributed by atoms with Crippen molar-refractivity contribution >= 4 is 18.7 Å². The van der Waals surface area contributed by atoms with Crippen molar-refractivity contribution in [3.05, 3.63) is 0 Å². The lowest BCUT2D eigenvalue weighted by atomic mass is 10.5. The van der Waals surface area contributed by atoms with E-state index < -0.39 is 8.07 Å². The van der Waals surface area contributed by atoms with Crippen molar-refractivity contribution < 1.29 is 0 Å². The normalized spacial score (nSPS) is 17.7. The Morgan fingerprint density at radius 3 is 1.55 bits per heavy atom. The Bertz CT molecular complexity index is 436. The second-order valence-corrected chi connectivity index (χ2v) is 9.71. The second-order valence-electron chi connectivity index (χ2n) is 5.39. The fraction of sp³-hybridized carbons (Fsp3) is 0.692. The lowest BCUT2D eigenvalue weighted by Crippen LogP contribution is -2.58. The number of hydrazone groups is 2. The summed E-state index contributed by atoms with van der Waals surface area (Å²) in [4.78, 5) is 0. The maximum atomic E-state index is 9.08. The third-order valence-electron chi connectivity index (χ3n) is 3.45. The lowest BCUT2D eigenvalue weighted by molar-refractivity contribution is 0.436. The Morgan fingerprint density at radius 1 is 0.950 bits per heavy atom. The van der Waals surface area contributed by atoms with Gasteiger partial charge in [0.15, 0.2) is 8.07 Å². The molecule has 0 saturated carbocycles. The van der Waals surface area contributed by atoms with Crippen LogP contribution in [0.3, 0.4) is 0 Å². The quantitative estimate of drug-likeness (QED) is 0.422. The molecule has 1 saturated heterocycles. The maximum Gasteiger partial charge on any atom is 0.161 e. The van der Waals surface area contributed by atoms with Crippen molar-refractivity contribution in [2.24, 2.45) is 10.2 Å². The minimum atomic E-state index is -2.00. The van der Waals surface area contributed by atoms with E-state index in [0.29, 0.717) is 12.8 Å². The van der Waals surface area contributed by atoms with Crippen LogP contribution in [0, 0.1) is 22.7 Å². The fourth-order valence-corrected chi connectivity index (χ4v) is 6.67. The second kappa shape index (κ2) is 7.06. The van der Waals surface area contributed by atoms with Gasteiger partial charge in [0, 0.05) is 38.9 Å². The molecule has 0 aliphatic carbocycles. The van der Waals surface area contributed by atoms with Gasteiger partial charge in [0.05, 0.1) is 25.0 Å². The van der Waals surface area contributed by atoms with Crippen LogP contribution in [0.4, 0.5) is 0 Å². The predicted octanol–water partition coefficient (Wildman–Crippen LogP) is 1.58. The van der Waals surface area contributed by atoms with Gasteiger partial charge in [-0.05, 0) is 12.1 Å². The molecule has 0 aromatic heterocycles. The van der Waals surface area contributed by atoms with Crippen LogP contribution in [-0.4, -0.2) is 57.0 Å². The van der Waals surface area contributed by atoms with Crippen molar-refractivity contribution in [3.8, 4) is 12.1 Å². The van der Waals surface area contributed by atoms with E-state index in [-0.39, 0.29) is 0 Å². The molecule has 0 spiro atoms. The highest BCUT2D eigenvalue weighted by Gasteiger charge is 2.49. The van der Waals surface area contributed by atoms with E-state index in [0.717, 1.165) is 29.2 Å². The van der Waals surface area contributed by atoms with Gasteiger partial charge < -0.3 is 10.0 Å². The Hall–Kier alpha value is -1.86. The van der Waals surface area contributed by atoms with Crippen LogP contribution in [0.1, 0.15) is 19.3 Å². The van der Waals surface area contributed by atoms with Crippen LogP contribution in [0.5, 0.6) is 0 Å². The number of hydrogen-bond acceptors (Lipinski definition) is 6. The van der Waals surface area contributed by atoms with Crippen molar-refractivity contribution in [1.29, 1.82) is 10.5 Å². The highest BCUT2D eigenvalue weighted by atomic mass is 28.3. The third kappa shape index (κ3) is 3.58. The van der Waals surface area contributed by atoms with Gasteiger partial charge in [0.2, 0.25) is 0 Å². The average molecular weight is 290 g/mol. The standard InChI is InChI=1S/C13H22N6Si/c1-18(2)16-12(6-8-14)20(10-5-11-20)13(7-9-15)17-19(3)4/h5-7,10-11H2,1-4H3/b16-12-,17-13+. The summed E-state index contributed by atoms with van der Waals surface area (Å²) in [6, 6.07) is 6.55. The molecule has 0 unspecified atom stereocenters. The van der Waals surface area contributed by atoms with Crippen LogP contribution in [0.15, 0.2) is 10.2 Å². The molecular weight excluding hydrogens is 268 g/mol. The van der Waals surface area contributed by atoms with Gasteiger partial charge in [-0.15, -0.1) is 0 Å². The van der Waals surface area contributed by atoms with Gasteiger partial charge >= 0.3 is 0 Å². The zero-order valence-corrected chi connectivity index (χ0v) is 13.7. The first-order valence-electron chi connectivity index (χ1n) is 6.70. The smallest absolute Gasteiger partial charge is 0.161 e. The van der Waals surface area contributed by atoms with E-state index in [1.54, 1.807) is 10.0 Å². The molecule has 1 fully saturated rings. The Kier molecular flexibility index (Phi) is 5.72. The molecule has 0 aromatic rings. The number of rotatable bonds is 6. The molecule has 6 nitrogen and oxygen atoms in total. The van der Waals surface area contributed by atoms with Gasteiger partial charge in [-0.25, -0.2) is 0 Å². The summed E-state index contributed by atoms with van der Waals surface area (Å²) in [6.07, 6.45) is 1.81. The van der Waals surface area contributed by atoms with E-state index in [1.165, 1.54) is 0 Å². The van der Waals surface area contributed by atoms with Crippen LogP contribution < -0.4 is 0 Å². The molecule has 0 radical (unpaired) electrons. The highest BCUT2D eigenvalue weighted by molar-refractivity contribution is 7.27. The zero-order valence-electron chi connectivity index (χ0n) is 12.7. The van der Waals surface area contributed by atoms with E-state index in [2.05, 4.69) is 22.3 Å². The molecule has 20 heavy (non-hydrogen) atoms. The summed E-state index contributed by atoms with van der Waals surface area (Å²) >= 11 is 0. The summed E-state index contributed by atoms with van der Waals surface area (Å²) < 4.78 is 0. The summed E-state index contributed by atoms with van der Waals surface area (Å²) in [5.41, 5.74) is 0. The first kappa shape index (κ1) is 16.2. The van der Waals surface area contributed by atoms with Crippen molar-refractivity contribution in [3.63, 3.8) is 0 Å². The monoisotopic (exact) mass is 290 g/mol. The molecule has 108 valence electrons. The summed E-state index contributed by atoms with van der Waals surface area (Å²) in [6.45, 7) is 0. The highest BCUT2D eigenvalue weighted by Crippen LogP contribution is 2.37. The van der Waals surface area contributed by atoms with Crippen molar-refractivity contribution in [2.75, 3.05) is 28.2 Å². The molecule has 0 bridgehead atoms. The Morgan fingerprint density at radius 2 is 1.35 bits per heavy atom. The van der Waals surface area contributed by atoms with Crippen LogP contribution in [0.25, 0.3) is 0 Å². The zero-order chi connectivity index (χ0) is 15.2. The minimum Gasteiger partial charge on any atom is -0.304 e. The van der Waals surface area contributed by atoms with Crippen molar-refractivity contribution in [2.45, 2.75) is 31.4 Å². The topological polar surface area (TPSA) is 78.8 Å². The molecule has 1 aliphatic heterocycles. The third-order valence-corrected chi connectivity index (χ3v) is 8.62. The predicted molar refractivity (Wildman–Crippen MR) is 82.7 cm³/mol. The van der Waals surface area contributed by atoms with E-state index in [9.17, 15) is 0 Å². The molecule has 0 aromatic carbocycles. The SMILES string of the molecule is CN(C)/N=C(/CC#N)[Si]1(/C(CC#N)=N/N(C)C)CCC1. The fourth-order valence-electron chi connectivity index (χ4n) is 2.51. The number of nitrogens with zero attached hydrogens (tertiary/aromatic N) is 6. The van der Waals surface area contributed by atoms with Gasteiger partial charge in [0.25, 0.3) is 0 Å². The average Bonchev–Trinajstić information content (AvgIpc) is 2.26. The molecule has 1 aliphatic rings. The Balaban J connectivity index is 3.23. The minimum absolute atomic E-state index is 0.336. The summed E-state index contributed by atoms with van der Waals surface area (Å²) in [5, 5.41) is 32.7. The van der Waals surface area contributed by atoms with E-state index in [4.69, 9.17) is 10.5 Å². The van der Waals surface area contributed by atoms with Crippen LogP contribution in [0.2, 0.25) is 12.1 Å². The van der Waals surface area contributed by atoms with E-state index in [1.807, 2.05) is 28.2 Å². The summed E-state index contributed by atoms with van der Waals surface area (Å²) in [5.74, 6) is 0. The number of hydrogen-bond donors (Lipinski definition) is 0. The Labute approximate surface area is 122 Å². The molecule has 1 rings (SSSR count).